The van der Waals surface area contributed by atoms with Crippen LogP contribution in [-0.4, -0.2) is 26.0 Å². The first kappa shape index (κ1) is 16.3. The fourth-order valence-corrected chi connectivity index (χ4v) is 2.91. The Morgan fingerprint density at radius 1 is 1.42 bits per heavy atom. The van der Waals surface area contributed by atoms with Crippen LogP contribution in [-0.2, 0) is 10.0 Å². The summed E-state index contributed by atoms with van der Waals surface area (Å²) in [5.74, 6) is -0.791. The first-order valence-electron chi connectivity index (χ1n) is 5.69. The molecule has 0 aliphatic carbocycles. The molecule has 0 radical (unpaired) electrons. The van der Waals surface area contributed by atoms with E-state index < -0.39 is 20.7 Å². The number of hydrogen-bond donors (Lipinski definition) is 2. The number of thioether (sulfide) groups is 1. The van der Waals surface area contributed by atoms with Gasteiger partial charge in [0, 0.05) is 17.0 Å². The number of sulfonamides is 1. The Balaban J connectivity index is 3.05. The molecule has 0 aliphatic rings. The van der Waals surface area contributed by atoms with Crippen molar-refractivity contribution in [3.8, 4) is 0 Å². The van der Waals surface area contributed by atoms with Gasteiger partial charge in [-0.25, -0.2) is 17.5 Å². The molecule has 0 amide bonds. The van der Waals surface area contributed by atoms with Crippen LogP contribution in [0.2, 0.25) is 0 Å². The summed E-state index contributed by atoms with van der Waals surface area (Å²) in [5, 5.41) is 0. The molecule has 0 heterocycles. The Hall–Kier alpha value is -0.790. The summed E-state index contributed by atoms with van der Waals surface area (Å²) in [6.45, 7) is 5.64. The minimum absolute atomic E-state index is 0.212. The maximum atomic E-state index is 13.7. The van der Waals surface area contributed by atoms with Crippen molar-refractivity contribution < 1.29 is 12.8 Å². The summed E-state index contributed by atoms with van der Waals surface area (Å²) in [6, 6.07) is 2.28. The molecule has 0 aromatic heterocycles. The molecule has 0 fully saturated rings. The lowest BCUT2D eigenvalue weighted by molar-refractivity contribution is 0.550. The van der Waals surface area contributed by atoms with Crippen molar-refractivity contribution >= 4 is 27.5 Å². The van der Waals surface area contributed by atoms with E-state index in [9.17, 15) is 12.8 Å². The zero-order chi connectivity index (χ0) is 14.8. The van der Waals surface area contributed by atoms with Crippen molar-refractivity contribution in [3.05, 3.63) is 23.5 Å². The van der Waals surface area contributed by atoms with Crippen molar-refractivity contribution in [2.45, 2.75) is 30.4 Å². The highest BCUT2D eigenvalue weighted by atomic mass is 32.2. The third kappa shape index (κ3) is 4.09. The Labute approximate surface area is 118 Å². The van der Waals surface area contributed by atoms with Crippen LogP contribution in [0.3, 0.4) is 0 Å². The Bertz CT molecular complexity index is 571. The molecule has 0 atom stereocenters. The number of benzene rings is 1. The second-order valence-corrected chi connectivity index (χ2v) is 8.18. The molecular weight excluding hydrogens is 287 g/mol. The number of nitrogens with two attached hydrogens (primary N) is 1. The minimum Gasteiger partial charge on any atom is -0.398 e. The lowest BCUT2D eigenvalue weighted by atomic mass is 10.2. The molecule has 0 saturated carbocycles. The van der Waals surface area contributed by atoms with Crippen LogP contribution in [0.5, 0.6) is 0 Å². The maximum absolute atomic E-state index is 13.7. The van der Waals surface area contributed by atoms with Gasteiger partial charge in [0.05, 0.1) is 0 Å². The van der Waals surface area contributed by atoms with Gasteiger partial charge < -0.3 is 5.73 Å². The SMILES string of the molecule is CSC(C)(C)CNS(=O)(=O)c1cc(N)c(C)cc1F. The van der Waals surface area contributed by atoms with Gasteiger partial charge in [0.2, 0.25) is 10.0 Å². The van der Waals surface area contributed by atoms with Crippen molar-refractivity contribution in [1.82, 2.24) is 4.72 Å². The van der Waals surface area contributed by atoms with E-state index in [2.05, 4.69) is 4.72 Å². The second-order valence-electron chi connectivity index (χ2n) is 4.93. The molecule has 1 rings (SSSR count). The molecule has 1 aromatic carbocycles. The molecule has 0 saturated heterocycles. The van der Waals surface area contributed by atoms with E-state index in [1.807, 2.05) is 20.1 Å². The predicted molar refractivity (Wildman–Crippen MR) is 78.3 cm³/mol. The average Bonchev–Trinajstić information content (AvgIpc) is 2.31. The monoisotopic (exact) mass is 306 g/mol. The largest absolute Gasteiger partial charge is 0.398 e. The Morgan fingerprint density at radius 3 is 2.53 bits per heavy atom. The fourth-order valence-electron chi connectivity index (χ4n) is 1.29. The van der Waals surface area contributed by atoms with E-state index in [0.717, 1.165) is 12.1 Å². The van der Waals surface area contributed by atoms with Gasteiger partial charge in [-0.2, -0.15) is 11.8 Å². The molecule has 3 N–H and O–H groups in total. The standard InChI is InChI=1S/C12H19FN2O2S2/c1-8-5-9(13)11(6-10(8)14)19(16,17)15-7-12(2,3)18-4/h5-6,15H,7,14H2,1-4H3. The van der Waals surface area contributed by atoms with Gasteiger partial charge in [0.25, 0.3) is 0 Å². The van der Waals surface area contributed by atoms with E-state index in [0.29, 0.717) is 5.56 Å². The summed E-state index contributed by atoms with van der Waals surface area (Å²) in [5.41, 5.74) is 6.40. The summed E-state index contributed by atoms with van der Waals surface area (Å²) in [7, 11) is -3.89. The first-order chi connectivity index (χ1) is 8.59. The van der Waals surface area contributed by atoms with Gasteiger partial charge in [-0.3, -0.25) is 0 Å². The maximum Gasteiger partial charge on any atom is 0.243 e. The molecule has 1 aromatic rings. The van der Waals surface area contributed by atoms with Crippen molar-refractivity contribution in [2.24, 2.45) is 0 Å². The number of aryl methyl sites for hydroxylation is 1. The number of nitrogen functional groups attached to an aromatic ring is 1. The average molecular weight is 306 g/mol. The van der Waals surface area contributed by atoms with E-state index in [4.69, 9.17) is 5.73 Å². The molecule has 7 heteroatoms. The highest BCUT2D eigenvalue weighted by Crippen LogP contribution is 2.23. The molecule has 0 aliphatic heterocycles. The van der Waals surface area contributed by atoms with E-state index in [-0.39, 0.29) is 17.0 Å². The van der Waals surface area contributed by atoms with Gasteiger partial charge in [0.1, 0.15) is 10.7 Å². The summed E-state index contributed by atoms with van der Waals surface area (Å²) in [6.07, 6.45) is 1.89. The van der Waals surface area contributed by atoms with Gasteiger partial charge in [0.15, 0.2) is 0 Å². The summed E-state index contributed by atoms with van der Waals surface area (Å²) in [4.78, 5) is -0.410. The third-order valence-electron chi connectivity index (χ3n) is 2.85. The molecule has 0 unspecified atom stereocenters. The molecule has 4 nitrogen and oxygen atoms in total. The van der Waals surface area contributed by atoms with Crippen molar-refractivity contribution in [1.29, 1.82) is 0 Å². The van der Waals surface area contributed by atoms with Gasteiger partial charge >= 0.3 is 0 Å². The Kier molecular flexibility index (Phi) is 4.86. The lowest BCUT2D eigenvalue weighted by Crippen LogP contribution is -2.36. The van der Waals surface area contributed by atoms with Crippen LogP contribution in [0.1, 0.15) is 19.4 Å². The predicted octanol–water partition coefficient (Wildman–Crippen LogP) is 2.14. The molecule has 19 heavy (non-hydrogen) atoms. The van der Waals surface area contributed by atoms with E-state index >= 15 is 0 Å². The number of anilines is 1. The topological polar surface area (TPSA) is 72.2 Å². The van der Waals surface area contributed by atoms with Crippen LogP contribution >= 0.6 is 11.8 Å². The van der Waals surface area contributed by atoms with Crippen LogP contribution in [0, 0.1) is 12.7 Å². The highest BCUT2D eigenvalue weighted by molar-refractivity contribution is 8.00. The van der Waals surface area contributed by atoms with E-state index in [1.165, 1.54) is 11.8 Å². The summed E-state index contributed by atoms with van der Waals surface area (Å²) >= 11 is 1.53. The van der Waals surface area contributed by atoms with Crippen LogP contribution < -0.4 is 10.5 Å². The quantitative estimate of drug-likeness (QED) is 0.818. The fraction of sp³-hybridized carbons (Fsp3) is 0.500. The zero-order valence-corrected chi connectivity index (χ0v) is 13.1. The van der Waals surface area contributed by atoms with Crippen molar-refractivity contribution in [3.63, 3.8) is 0 Å². The minimum atomic E-state index is -3.89. The van der Waals surface area contributed by atoms with Crippen LogP contribution in [0.4, 0.5) is 10.1 Å². The summed E-state index contributed by atoms with van der Waals surface area (Å²) < 4.78 is 40.0. The van der Waals surface area contributed by atoms with Crippen LogP contribution in [0.15, 0.2) is 17.0 Å². The van der Waals surface area contributed by atoms with Crippen molar-refractivity contribution in [2.75, 3.05) is 18.5 Å². The smallest absolute Gasteiger partial charge is 0.243 e. The molecule has 0 spiro atoms. The highest BCUT2D eigenvalue weighted by Gasteiger charge is 2.24. The van der Waals surface area contributed by atoms with Gasteiger partial charge in [-0.15, -0.1) is 0 Å². The van der Waals surface area contributed by atoms with Crippen LogP contribution in [0.25, 0.3) is 0 Å². The van der Waals surface area contributed by atoms with Gasteiger partial charge in [-0.05, 0) is 44.7 Å². The number of hydrogen-bond acceptors (Lipinski definition) is 4. The number of rotatable bonds is 5. The molecular formula is C12H19FN2O2S2. The number of nitrogens with one attached hydrogen (secondary N) is 1. The lowest BCUT2D eigenvalue weighted by Gasteiger charge is -2.22. The third-order valence-corrected chi connectivity index (χ3v) is 5.52. The molecule has 0 bridgehead atoms. The molecule has 108 valence electrons. The number of halogens is 1. The Morgan fingerprint density at radius 2 is 2.00 bits per heavy atom. The first-order valence-corrected chi connectivity index (χ1v) is 8.40. The van der Waals surface area contributed by atoms with E-state index in [1.54, 1.807) is 6.92 Å². The van der Waals surface area contributed by atoms with Gasteiger partial charge in [-0.1, -0.05) is 0 Å². The zero-order valence-electron chi connectivity index (χ0n) is 11.5. The normalized spacial score (nSPS) is 12.7. The second kappa shape index (κ2) is 5.68.